The van der Waals surface area contributed by atoms with Gasteiger partial charge in [0.2, 0.25) is 0 Å². The Balaban J connectivity index is 1.29. The van der Waals surface area contributed by atoms with Crippen LogP contribution < -0.4 is 9.47 Å². The molecule has 0 spiro atoms. The van der Waals surface area contributed by atoms with Crippen LogP contribution in [0.3, 0.4) is 0 Å². The van der Waals surface area contributed by atoms with Crippen molar-refractivity contribution >= 4 is 0 Å². The molecule has 2 aromatic rings. The first-order valence-electron chi connectivity index (χ1n) is 9.66. The zero-order chi connectivity index (χ0) is 19.6. The van der Waals surface area contributed by atoms with Crippen LogP contribution in [0.15, 0.2) is 54.6 Å². The number of ether oxygens (including phenoxy) is 2. The minimum Gasteiger partial charge on any atom is -0.492 e. The molecule has 2 aromatic carbocycles. The second-order valence-corrected chi connectivity index (χ2v) is 6.90. The first-order valence-corrected chi connectivity index (χ1v) is 9.66. The van der Waals surface area contributed by atoms with Gasteiger partial charge in [-0.15, -0.1) is 0 Å². The molecule has 0 saturated carbocycles. The molecule has 0 aromatic heterocycles. The number of nitrogens with zero attached hydrogens (tertiary/aromatic N) is 3. The van der Waals surface area contributed by atoms with E-state index in [1.165, 1.54) is 0 Å². The number of aliphatic hydroxyl groups is 1. The SMILES string of the molecule is N#Cc1ccc(OCC(O)CN2CCN(CCOc3ccccc3)CC2)cc1. The molecule has 1 fully saturated rings. The molecule has 1 heterocycles. The number of piperazine rings is 1. The number of nitriles is 1. The molecule has 28 heavy (non-hydrogen) atoms. The summed E-state index contributed by atoms with van der Waals surface area (Å²) in [7, 11) is 0. The summed E-state index contributed by atoms with van der Waals surface area (Å²) in [4.78, 5) is 4.65. The molecule has 1 aliphatic heterocycles. The Bertz CT molecular complexity index is 738. The van der Waals surface area contributed by atoms with Gasteiger partial charge in [-0.1, -0.05) is 18.2 Å². The van der Waals surface area contributed by atoms with E-state index >= 15 is 0 Å². The lowest BCUT2D eigenvalue weighted by molar-refractivity contribution is 0.0436. The Labute approximate surface area is 166 Å². The number of para-hydroxylation sites is 1. The van der Waals surface area contributed by atoms with Gasteiger partial charge in [-0.2, -0.15) is 5.26 Å². The van der Waals surface area contributed by atoms with Crippen molar-refractivity contribution in [3.63, 3.8) is 0 Å². The van der Waals surface area contributed by atoms with Crippen molar-refractivity contribution in [2.75, 3.05) is 52.5 Å². The van der Waals surface area contributed by atoms with Crippen molar-refractivity contribution in [2.45, 2.75) is 6.10 Å². The van der Waals surface area contributed by atoms with Crippen LogP contribution in [-0.2, 0) is 0 Å². The van der Waals surface area contributed by atoms with E-state index in [-0.39, 0.29) is 6.61 Å². The normalized spacial score (nSPS) is 16.3. The van der Waals surface area contributed by atoms with E-state index in [2.05, 4.69) is 15.9 Å². The molecule has 1 atom stereocenters. The summed E-state index contributed by atoms with van der Waals surface area (Å²) in [5, 5.41) is 19.0. The molecule has 6 nitrogen and oxygen atoms in total. The van der Waals surface area contributed by atoms with Gasteiger partial charge in [0.1, 0.15) is 30.8 Å². The highest BCUT2D eigenvalue weighted by atomic mass is 16.5. The Morgan fingerprint density at radius 1 is 0.893 bits per heavy atom. The first-order chi connectivity index (χ1) is 13.7. The lowest BCUT2D eigenvalue weighted by atomic mass is 10.2. The van der Waals surface area contributed by atoms with Gasteiger partial charge in [-0.05, 0) is 36.4 Å². The Morgan fingerprint density at radius 3 is 2.21 bits per heavy atom. The van der Waals surface area contributed by atoms with Gasteiger partial charge in [-0.25, -0.2) is 0 Å². The number of β-amino-alcohol motifs (C(OH)–C–C–N with tert-alkyl or cyclic N) is 1. The van der Waals surface area contributed by atoms with Crippen LogP contribution in [0.1, 0.15) is 5.56 Å². The summed E-state index contributed by atoms with van der Waals surface area (Å²) in [6.45, 7) is 6.25. The van der Waals surface area contributed by atoms with Crippen LogP contribution in [-0.4, -0.2) is 73.5 Å². The van der Waals surface area contributed by atoms with E-state index in [0.29, 0.717) is 24.5 Å². The fraction of sp³-hybridized carbons (Fsp3) is 0.409. The molecular formula is C22H27N3O3. The highest BCUT2D eigenvalue weighted by Crippen LogP contribution is 2.12. The molecule has 0 bridgehead atoms. The quantitative estimate of drug-likeness (QED) is 0.717. The third-order valence-corrected chi connectivity index (χ3v) is 4.78. The van der Waals surface area contributed by atoms with E-state index in [9.17, 15) is 5.11 Å². The Hall–Kier alpha value is -2.59. The fourth-order valence-electron chi connectivity index (χ4n) is 3.17. The van der Waals surface area contributed by atoms with E-state index in [0.717, 1.165) is 38.5 Å². The van der Waals surface area contributed by atoms with E-state index in [4.69, 9.17) is 14.7 Å². The van der Waals surface area contributed by atoms with Crippen LogP contribution in [0.5, 0.6) is 11.5 Å². The third kappa shape index (κ3) is 6.54. The van der Waals surface area contributed by atoms with Gasteiger partial charge in [0.05, 0.1) is 11.6 Å². The first kappa shape index (κ1) is 20.2. The van der Waals surface area contributed by atoms with Crippen LogP contribution in [0.25, 0.3) is 0 Å². The van der Waals surface area contributed by atoms with E-state index in [1.54, 1.807) is 24.3 Å². The van der Waals surface area contributed by atoms with Crippen molar-refractivity contribution in [2.24, 2.45) is 0 Å². The second kappa shape index (κ2) is 10.7. The topological polar surface area (TPSA) is 69.0 Å². The summed E-state index contributed by atoms with van der Waals surface area (Å²) in [5.74, 6) is 1.58. The van der Waals surface area contributed by atoms with E-state index in [1.807, 2.05) is 30.3 Å². The van der Waals surface area contributed by atoms with Crippen molar-refractivity contribution in [1.82, 2.24) is 9.80 Å². The Morgan fingerprint density at radius 2 is 1.54 bits per heavy atom. The van der Waals surface area contributed by atoms with Gasteiger partial charge >= 0.3 is 0 Å². The van der Waals surface area contributed by atoms with Crippen molar-refractivity contribution in [3.05, 3.63) is 60.2 Å². The summed E-state index contributed by atoms with van der Waals surface area (Å²) in [6.07, 6.45) is -0.538. The van der Waals surface area contributed by atoms with Crippen molar-refractivity contribution < 1.29 is 14.6 Å². The molecule has 1 unspecified atom stereocenters. The van der Waals surface area contributed by atoms with Crippen LogP contribution in [0, 0.1) is 11.3 Å². The molecular weight excluding hydrogens is 354 g/mol. The molecule has 0 aliphatic carbocycles. The average Bonchev–Trinajstić information content (AvgIpc) is 2.75. The maximum Gasteiger partial charge on any atom is 0.119 e. The minimum atomic E-state index is -0.538. The lowest BCUT2D eigenvalue weighted by Gasteiger charge is -2.35. The zero-order valence-electron chi connectivity index (χ0n) is 16.0. The smallest absolute Gasteiger partial charge is 0.119 e. The average molecular weight is 381 g/mol. The summed E-state index contributed by atoms with van der Waals surface area (Å²) in [6, 6.07) is 18.9. The number of hydrogen-bond donors (Lipinski definition) is 1. The van der Waals surface area contributed by atoms with Gasteiger partial charge in [0, 0.05) is 39.3 Å². The minimum absolute atomic E-state index is 0.247. The van der Waals surface area contributed by atoms with Crippen molar-refractivity contribution in [1.29, 1.82) is 5.26 Å². The highest BCUT2D eigenvalue weighted by molar-refractivity contribution is 5.34. The van der Waals surface area contributed by atoms with Gasteiger partial charge < -0.3 is 14.6 Å². The molecule has 148 valence electrons. The van der Waals surface area contributed by atoms with E-state index < -0.39 is 6.10 Å². The largest absolute Gasteiger partial charge is 0.492 e. The summed E-state index contributed by atoms with van der Waals surface area (Å²) in [5.41, 5.74) is 0.597. The van der Waals surface area contributed by atoms with Crippen LogP contribution in [0.2, 0.25) is 0 Å². The standard InChI is InChI=1S/C22H27N3O3/c23-16-19-6-8-22(9-7-19)28-18-20(26)17-25-12-10-24(11-13-25)14-15-27-21-4-2-1-3-5-21/h1-9,20,26H,10-15,17-18H2. The second-order valence-electron chi connectivity index (χ2n) is 6.90. The predicted molar refractivity (Wildman–Crippen MR) is 107 cm³/mol. The third-order valence-electron chi connectivity index (χ3n) is 4.78. The maximum absolute atomic E-state index is 10.2. The summed E-state index contributed by atoms with van der Waals surface area (Å²) < 4.78 is 11.4. The number of rotatable bonds is 9. The van der Waals surface area contributed by atoms with Gasteiger partial charge in [0.15, 0.2) is 0 Å². The molecule has 1 N–H and O–H groups in total. The fourth-order valence-corrected chi connectivity index (χ4v) is 3.17. The molecule has 0 amide bonds. The van der Waals surface area contributed by atoms with Crippen LogP contribution in [0.4, 0.5) is 0 Å². The molecule has 3 rings (SSSR count). The molecule has 1 saturated heterocycles. The van der Waals surface area contributed by atoms with Crippen LogP contribution >= 0.6 is 0 Å². The zero-order valence-corrected chi connectivity index (χ0v) is 16.0. The molecule has 6 heteroatoms. The monoisotopic (exact) mass is 381 g/mol. The highest BCUT2D eigenvalue weighted by Gasteiger charge is 2.19. The number of benzene rings is 2. The molecule has 1 aliphatic rings. The lowest BCUT2D eigenvalue weighted by Crippen LogP contribution is -2.50. The Kier molecular flexibility index (Phi) is 7.68. The summed E-state index contributed by atoms with van der Waals surface area (Å²) >= 11 is 0. The number of hydrogen-bond acceptors (Lipinski definition) is 6. The maximum atomic E-state index is 10.2. The van der Waals surface area contributed by atoms with Gasteiger partial charge in [-0.3, -0.25) is 9.80 Å². The van der Waals surface area contributed by atoms with Gasteiger partial charge in [0.25, 0.3) is 0 Å². The predicted octanol–water partition coefficient (Wildman–Crippen LogP) is 1.99. The molecule has 0 radical (unpaired) electrons. The number of aliphatic hydroxyl groups excluding tert-OH is 1. The van der Waals surface area contributed by atoms with Crippen molar-refractivity contribution in [3.8, 4) is 17.6 Å².